The van der Waals surface area contributed by atoms with E-state index in [4.69, 9.17) is 23.2 Å². The number of benzene rings is 2. The molecule has 0 aliphatic rings. The lowest BCUT2D eigenvalue weighted by molar-refractivity contribution is 0.480. The molecule has 11 heteroatoms. The number of nitrogens with one attached hydrogen (secondary N) is 1. The first-order valence-electron chi connectivity index (χ1n) is 7.75. The number of fused-ring (bicyclic) bond motifs is 2. The summed E-state index contributed by atoms with van der Waals surface area (Å²) in [5.74, 6) is 0.0225. The Bertz CT molecular complexity index is 1230. The second-order valence-corrected chi connectivity index (χ2v) is 12.8. The van der Waals surface area contributed by atoms with E-state index in [1.165, 1.54) is 6.07 Å². The van der Waals surface area contributed by atoms with E-state index in [-0.39, 0.29) is 11.3 Å². The summed E-state index contributed by atoms with van der Waals surface area (Å²) in [6.07, 6.45) is 0. The third kappa shape index (κ3) is 8.06. The smallest absolute Gasteiger partial charge is 0.339 e. The molecule has 0 amide bonds. The Morgan fingerprint density at radius 1 is 0.897 bits per heavy atom. The highest BCUT2D eigenvalue weighted by Crippen LogP contribution is 2.61. The molecule has 0 radical (unpaired) electrons. The van der Waals surface area contributed by atoms with Gasteiger partial charge in [0.2, 0.25) is 0 Å². The van der Waals surface area contributed by atoms with E-state index in [0.29, 0.717) is 21.1 Å². The van der Waals surface area contributed by atoms with Crippen LogP contribution in [-0.4, -0.2) is 15.1 Å². The Kier molecular flexibility index (Phi) is 8.65. The Labute approximate surface area is 189 Å². The standard InChI is InChI=1S/C9H5Cl2N.C9H7NO2.Cl3OP/c10-7-5-9(11)12-8-4-2-1-3-6(7)8;11-8-5-9(12)10-7-4-2-1-3-6(7)8;1-5(2,3)4/h1-5H;1-5H,(H2,10,11,12);. The van der Waals surface area contributed by atoms with Gasteiger partial charge in [-0.1, -0.05) is 53.5 Å². The molecule has 152 valence electrons. The van der Waals surface area contributed by atoms with Crippen LogP contribution in [0.5, 0.6) is 5.75 Å². The van der Waals surface area contributed by atoms with Crippen molar-refractivity contribution in [3.05, 3.63) is 81.2 Å². The van der Waals surface area contributed by atoms with Crippen molar-refractivity contribution in [3.63, 3.8) is 0 Å². The molecule has 0 fully saturated rings. The zero-order valence-electron chi connectivity index (χ0n) is 14.3. The third-order valence-electron chi connectivity index (χ3n) is 3.36. The molecule has 29 heavy (non-hydrogen) atoms. The van der Waals surface area contributed by atoms with E-state index < -0.39 is 5.20 Å². The highest BCUT2D eigenvalue weighted by Gasteiger charge is 2.03. The van der Waals surface area contributed by atoms with Crippen LogP contribution in [0.2, 0.25) is 10.2 Å². The molecule has 2 heterocycles. The van der Waals surface area contributed by atoms with Crippen LogP contribution in [0.4, 0.5) is 0 Å². The highest BCUT2D eigenvalue weighted by molar-refractivity contribution is 8.24. The van der Waals surface area contributed by atoms with Crippen LogP contribution in [0.3, 0.4) is 0 Å². The van der Waals surface area contributed by atoms with Crippen molar-refractivity contribution in [1.82, 2.24) is 9.97 Å². The number of rotatable bonds is 0. The maximum Gasteiger partial charge on any atom is 0.339 e. The van der Waals surface area contributed by atoms with Crippen LogP contribution in [0, 0.1) is 0 Å². The summed E-state index contributed by atoms with van der Waals surface area (Å²) in [4.78, 5) is 17.6. The second kappa shape index (κ2) is 10.5. The second-order valence-electron chi connectivity index (χ2n) is 5.41. The summed E-state index contributed by atoms with van der Waals surface area (Å²) in [6, 6.07) is 17.5. The van der Waals surface area contributed by atoms with Gasteiger partial charge in [-0.2, -0.15) is 0 Å². The molecular formula is C18H12Cl5N2O3P. The van der Waals surface area contributed by atoms with Gasteiger partial charge in [-0.15, -0.1) is 0 Å². The fourth-order valence-electron chi connectivity index (χ4n) is 2.29. The van der Waals surface area contributed by atoms with Crippen LogP contribution in [0.1, 0.15) is 0 Å². The number of hydrogen-bond acceptors (Lipinski definition) is 4. The van der Waals surface area contributed by atoms with Crippen molar-refractivity contribution in [2.24, 2.45) is 0 Å². The zero-order valence-corrected chi connectivity index (χ0v) is 19.0. The Morgan fingerprint density at radius 2 is 1.45 bits per heavy atom. The molecule has 2 aromatic carbocycles. The quantitative estimate of drug-likeness (QED) is 0.188. The number of para-hydroxylation sites is 2. The SMILES string of the molecule is Clc1cc(Cl)c2ccccc2n1.O=P(Cl)(Cl)Cl.O=c1cc(O)c2ccccc2[nH]1. The van der Waals surface area contributed by atoms with E-state index in [0.717, 1.165) is 10.9 Å². The Hall–Kier alpha value is -1.46. The molecule has 4 aromatic rings. The van der Waals surface area contributed by atoms with Gasteiger partial charge in [0.25, 0.3) is 5.56 Å². The number of halogens is 5. The molecule has 2 aromatic heterocycles. The topological polar surface area (TPSA) is 83.1 Å². The average molecular weight is 513 g/mol. The number of aromatic nitrogens is 2. The van der Waals surface area contributed by atoms with Crippen molar-refractivity contribution in [1.29, 1.82) is 0 Å². The normalized spacial score (nSPS) is 10.7. The number of hydrogen-bond donors (Lipinski definition) is 2. The minimum absolute atomic E-state index is 0.0225. The van der Waals surface area contributed by atoms with Gasteiger partial charge >= 0.3 is 5.20 Å². The van der Waals surface area contributed by atoms with Crippen LogP contribution >= 0.6 is 62.1 Å². The minimum atomic E-state index is -3.22. The van der Waals surface area contributed by atoms with Crippen LogP contribution < -0.4 is 5.56 Å². The lowest BCUT2D eigenvalue weighted by atomic mass is 10.2. The maximum atomic E-state index is 10.9. The third-order valence-corrected chi connectivity index (χ3v) is 3.87. The van der Waals surface area contributed by atoms with Gasteiger partial charge in [-0.05, 0) is 58.0 Å². The summed E-state index contributed by atoms with van der Waals surface area (Å²) >= 11 is 25.5. The molecule has 0 atom stereocenters. The monoisotopic (exact) mass is 510 g/mol. The Morgan fingerprint density at radius 3 is 2.10 bits per heavy atom. The average Bonchev–Trinajstić information content (AvgIpc) is 2.60. The van der Waals surface area contributed by atoms with Gasteiger partial charge < -0.3 is 10.1 Å². The number of pyridine rings is 2. The largest absolute Gasteiger partial charge is 0.507 e. The number of aromatic amines is 1. The van der Waals surface area contributed by atoms with E-state index in [1.54, 1.807) is 30.3 Å². The fourth-order valence-corrected chi connectivity index (χ4v) is 2.81. The lowest BCUT2D eigenvalue weighted by Crippen LogP contribution is -2.02. The number of nitrogens with zero attached hydrogens (tertiary/aromatic N) is 1. The van der Waals surface area contributed by atoms with E-state index in [9.17, 15) is 14.5 Å². The molecule has 2 N–H and O–H groups in total. The molecule has 0 aliphatic carbocycles. The molecule has 0 spiro atoms. The molecule has 0 bridgehead atoms. The predicted molar refractivity (Wildman–Crippen MR) is 123 cm³/mol. The lowest BCUT2D eigenvalue weighted by Gasteiger charge is -1.98. The maximum absolute atomic E-state index is 10.9. The first kappa shape index (κ1) is 23.8. The van der Waals surface area contributed by atoms with Crippen LogP contribution in [0.15, 0.2) is 65.5 Å². The minimum Gasteiger partial charge on any atom is -0.507 e. The summed E-state index contributed by atoms with van der Waals surface area (Å²) in [6.45, 7) is 0. The van der Waals surface area contributed by atoms with Gasteiger partial charge in [-0.25, -0.2) is 4.98 Å². The van der Waals surface area contributed by atoms with Crippen molar-refractivity contribution in [2.75, 3.05) is 0 Å². The van der Waals surface area contributed by atoms with E-state index >= 15 is 0 Å². The van der Waals surface area contributed by atoms with Crippen molar-refractivity contribution in [2.45, 2.75) is 0 Å². The van der Waals surface area contributed by atoms with Gasteiger partial charge in [0.15, 0.2) is 0 Å². The van der Waals surface area contributed by atoms with Gasteiger partial charge in [0.05, 0.1) is 16.1 Å². The summed E-state index contributed by atoms with van der Waals surface area (Å²) in [5.41, 5.74) is 1.20. The van der Waals surface area contributed by atoms with E-state index in [1.807, 2.05) is 24.3 Å². The van der Waals surface area contributed by atoms with Crippen molar-refractivity contribution < 1.29 is 9.67 Å². The Balaban J connectivity index is 0.000000170. The highest BCUT2D eigenvalue weighted by atomic mass is 36.0. The van der Waals surface area contributed by atoms with Crippen LogP contribution in [0.25, 0.3) is 21.8 Å². The van der Waals surface area contributed by atoms with Crippen molar-refractivity contribution in [3.8, 4) is 5.75 Å². The summed E-state index contributed by atoms with van der Waals surface area (Å²) in [5, 5.41) is 8.78. The fraction of sp³-hybridized carbons (Fsp3) is 0. The number of aromatic hydroxyl groups is 1. The predicted octanol–water partition coefficient (Wildman–Crippen LogP) is 7.59. The first-order valence-corrected chi connectivity index (χ1v) is 12.9. The molecular weight excluding hydrogens is 500 g/mol. The molecule has 4 rings (SSSR count). The molecule has 0 aliphatic heterocycles. The number of H-pyrrole nitrogens is 1. The zero-order chi connectivity index (χ0) is 21.6. The van der Waals surface area contributed by atoms with Crippen LogP contribution in [-0.2, 0) is 4.57 Å². The van der Waals surface area contributed by atoms with Gasteiger partial charge in [0, 0.05) is 16.8 Å². The first-order chi connectivity index (χ1) is 13.5. The molecule has 5 nitrogen and oxygen atoms in total. The van der Waals surface area contributed by atoms with Gasteiger partial charge in [-0.3, -0.25) is 9.36 Å². The molecule has 0 saturated carbocycles. The summed E-state index contributed by atoms with van der Waals surface area (Å²) < 4.78 is 9.51. The molecule has 0 saturated heterocycles. The molecule has 0 unspecified atom stereocenters. The van der Waals surface area contributed by atoms with Gasteiger partial charge in [0.1, 0.15) is 10.9 Å². The summed E-state index contributed by atoms with van der Waals surface area (Å²) in [7, 11) is 0. The van der Waals surface area contributed by atoms with Crippen molar-refractivity contribution >= 4 is 83.9 Å². The van der Waals surface area contributed by atoms with E-state index in [2.05, 4.69) is 43.7 Å².